The van der Waals surface area contributed by atoms with Gasteiger partial charge >= 0.3 is 5.97 Å². The van der Waals surface area contributed by atoms with Crippen LogP contribution in [0.3, 0.4) is 0 Å². The minimum atomic E-state index is -0.855. The summed E-state index contributed by atoms with van der Waals surface area (Å²) in [7, 11) is 0. The van der Waals surface area contributed by atoms with Gasteiger partial charge in [-0.1, -0.05) is 217 Å². The van der Waals surface area contributed by atoms with Crippen LogP contribution in [0.25, 0.3) is 0 Å². The molecule has 0 aliphatic heterocycles. The zero-order chi connectivity index (χ0) is 44.4. The summed E-state index contributed by atoms with van der Waals surface area (Å²) in [6, 6.07) is -0.639. The Morgan fingerprint density at radius 2 is 0.770 bits per heavy atom. The third-order valence-electron chi connectivity index (χ3n) is 12.1. The lowest BCUT2D eigenvalue weighted by molar-refractivity contribution is -0.143. The van der Waals surface area contributed by atoms with Crippen LogP contribution in [0.2, 0.25) is 0 Å². The van der Waals surface area contributed by atoms with Gasteiger partial charge in [-0.3, -0.25) is 9.59 Å². The van der Waals surface area contributed by atoms with Crippen LogP contribution >= 0.6 is 0 Å². The minimum Gasteiger partial charge on any atom is -0.466 e. The number of carbonyl (C=O) groups is 2. The zero-order valence-corrected chi connectivity index (χ0v) is 40.6. The van der Waals surface area contributed by atoms with E-state index < -0.39 is 12.1 Å². The first-order valence-corrected chi connectivity index (χ1v) is 26.8. The molecule has 0 radical (unpaired) electrons. The van der Waals surface area contributed by atoms with Crippen molar-refractivity contribution in [3.63, 3.8) is 0 Å². The molecule has 6 nitrogen and oxygen atoms in total. The number of hydrogen-bond donors (Lipinski definition) is 3. The molecule has 0 aromatic carbocycles. The molecule has 6 heteroatoms. The molecule has 0 heterocycles. The number of ether oxygens (including phenoxy) is 1. The van der Waals surface area contributed by atoms with Gasteiger partial charge in [0.1, 0.15) is 0 Å². The van der Waals surface area contributed by atoms with E-state index in [9.17, 15) is 19.8 Å². The molecule has 0 saturated carbocycles. The minimum absolute atomic E-state index is 0.0209. The molecule has 0 fully saturated rings. The third-order valence-corrected chi connectivity index (χ3v) is 12.1. The Morgan fingerprint density at radius 1 is 0.443 bits per heavy atom. The molecular weight excluding hydrogens is 755 g/mol. The van der Waals surface area contributed by atoms with Gasteiger partial charge in [-0.2, -0.15) is 0 Å². The number of aliphatic hydroxyl groups excluding tert-OH is 2. The molecule has 0 aromatic heterocycles. The highest BCUT2D eigenvalue weighted by Gasteiger charge is 2.18. The molecule has 61 heavy (non-hydrogen) atoms. The van der Waals surface area contributed by atoms with Gasteiger partial charge in [-0.15, -0.1) is 0 Å². The quantitative estimate of drug-likeness (QED) is 0.0322. The molecule has 0 spiro atoms. The predicted octanol–water partition coefficient (Wildman–Crippen LogP) is 16.1. The summed E-state index contributed by atoms with van der Waals surface area (Å²) in [5.74, 6) is -0.104. The van der Waals surface area contributed by atoms with Gasteiger partial charge in [-0.05, 0) is 83.5 Å². The van der Waals surface area contributed by atoms with Crippen molar-refractivity contribution in [1.82, 2.24) is 5.32 Å². The first-order chi connectivity index (χ1) is 30.0. The van der Waals surface area contributed by atoms with Gasteiger partial charge in [-0.25, -0.2) is 0 Å². The molecule has 0 aliphatic rings. The number of amides is 1. The maximum atomic E-state index is 12.4. The average molecular weight is 858 g/mol. The molecule has 2 atom stereocenters. The lowest BCUT2D eigenvalue weighted by Gasteiger charge is -2.20. The highest BCUT2D eigenvalue weighted by Crippen LogP contribution is 2.15. The lowest BCUT2D eigenvalue weighted by Crippen LogP contribution is -2.45. The summed E-state index contributed by atoms with van der Waals surface area (Å²) in [6.07, 6.45) is 61.4. The number of aliphatic hydroxyl groups is 2. The lowest BCUT2D eigenvalue weighted by atomic mass is 10.0. The smallest absolute Gasteiger partial charge is 0.305 e. The number of unbranched alkanes of at least 4 members (excludes halogenated alkanes) is 34. The second-order valence-corrected chi connectivity index (χ2v) is 18.2. The number of hydrogen-bond acceptors (Lipinski definition) is 5. The zero-order valence-electron chi connectivity index (χ0n) is 40.6. The van der Waals surface area contributed by atoms with Crippen LogP contribution in [-0.2, 0) is 14.3 Å². The Morgan fingerprint density at radius 3 is 1.18 bits per heavy atom. The van der Waals surface area contributed by atoms with E-state index in [1.54, 1.807) is 6.08 Å². The Balaban J connectivity index is 3.52. The standard InChI is InChI=1S/C55H103NO5/c1-3-5-7-9-11-13-15-17-18-20-24-27-31-35-39-43-47-53(58)52(51-57)56-54(59)48-44-40-36-32-28-25-21-19-22-26-30-34-38-42-46-50-61-55(60)49-45-41-37-33-29-23-16-14-12-10-8-6-4-2/h14,16,22,26,43,47,52-53,57-58H,3-13,15,17-21,23-25,27-42,44-46,48-51H2,1-2H3,(H,56,59)/b16-14-,26-22-,47-43+. The van der Waals surface area contributed by atoms with E-state index in [2.05, 4.69) is 43.5 Å². The first-order valence-electron chi connectivity index (χ1n) is 26.8. The Bertz CT molecular complexity index is 993. The van der Waals surface area contributed by atoms with Crippen molar-refractivity contribution in [3.05, 3.63) is 36.5 Å². The number of allylic oxidation sites excluding steroid dienone is 5. The van der Waals surface area contributed by atoms with Crippen molar-refractivity contribution in [2.24, 2.45) is 0 Å². The fourth-order valence-corrected chi connectivity index (χ4v) is 7.97. The summed E-state index contributed by atoms with van der Waals surface area (Å²) < 4.78 is 5.44. The van der Waals surface area contributed by atoms with Gasteiger partial charge in [0.05, 0.1) is 25.4 Å². The van der Waals surface area contributed by atoms with Gasteiger partial charge in [0.15, 0.2) is 0 Å². The van der Waals surface area contributed by atoms with Crippen LogP contribution < -0.4 is 5.32 Å². The van der Waals surface area contributed by atoms with Crippen LogP contribution in [0.15, 0.2) is 36.5 Å². The largest absolute Gasteiger partial charge is 0.466 e. The van der Waals surface area contributed by atoms with Gasteiger partial charge in [0.25, 0.3) is 0 Å². The van der Waals surface area contributed by atoms with E-state index in [1.807, 2.05) is 6.08 Å². The van der Waals surface area contributed by atoms with Crippen molar-refractivity contribution < 1.29 is 24.5 Å². The number of nitrogens with one attached hydrogen (secondary N) is 1. The van der Waals surface area contributed by atoms with E-state index >= 15 is 0 Å². The molecule has 0 aromatic rings. The summed E-state index contributed by atoms with van der Waals surface area (Å²) in [5.41, 5.74) is 0. The van der Waals surface area contributed by atoms with E-state index in [1.165, 1.54) is 180 Å². The Kier molecular flexibility index (Phi) is 49.1. The first kappa shape index (κ1) is 59.1. The van der Waals surface area contributed by atoms with Crippen LogP contribution in [-0.4, -0.2) is 47.4 Å². The Labute approximate surface area is 379 Å². The van der Waals surface area contributed by atoms with Gasteiger partial charge in [0, 0.05) is 12.8 Å². The molecule has 0 rings (SSSR count). The number of esters is 1. The number of rotatable bonds is 49. The van der Waals surface area contributed by atoms with E-state index in [-0.39, 0.29) is 18.5 Å². The van der Waals surface area contributed by atoms with Gasteiger partial charge in [0.2, 0.25) is 5.91 Å². The molecule has 0 bridgehead atoms. The normalized spacial score (nSPS) is 12.9. The second-order valence-electron chi connectivity index (χ2n) is 18.2. The summed E-state index contributed by atoms with van der Waals surface area (Å²) in [5, 5.41) is 23.1. The van der Waals surface area contributed by atoms with Gasteiger partial charge < -0.3 is 20.3 Å². The van der Waals surface area contributed by atoms with E-state index in [4.69, 9.17) is 4.74 Å². The molecule has 1 amide bonds. The summed E-state index contributed by atoms with van der Waals surface area (Å²) >= 11 is 0. The monoisotopic (exact) mass is 858 g/mol. The highest BCUT2D eigenvalue weighted by atomic mass is 16.5. The van der Waals surface area contributed by atoms with Crippen LogP contribution in [0, 0.1) is 0 Å². The van der Waals surface area contributed by atoms with Crippen LogP contribution in [0.1, 0.15) is 277 Å². The predicted molar refractivity (Wildman–Crippen MR) is 264 cm³/mol. The van der Waals surface area contributed by atoms with E-state index in [0.717, 1.165) is 70.6 Å². The maximum Gasteiger partial charge on any atom is 0.305 e. The Hall–Kier alpha value is -1.92. The fraction of sp³-hybridized carbons (Fsp3) is 0.855. The third kappa shape index (κ3) is 47.4. The molecular formula is C55H103NO5. The molecule has 2 unspecified atom stereocenters. The average Bonchev–Trinajstić information content (AvgIpc) is 3.26. The van der Waals surface area contributed by atoms with Crippen molar-refractivity contribution in [2.45, 2.75) is 289 Å². The fourth-order valence-electron chi connectivity index (χ4n) is 7.97. The topological polar surface area (TPSA) is 95.9 Å². The highest BCUT2D eigenvalue weighted by molar-refractivity contribution is 5.76. The van der Waals surface area contributed by atoms with Crippen molar-refractivity contribution in [3.8, 4) is 0 Å². The molecule has 358 valence electrons. The number of carbonyl (C=O) groups excluding carboxylic acids is 2. The summed E-state index contributed by atoms with van der Waals surface area (Å²) in [4.78, 5) is 24.4. The van der Waals surface area contributed by atoms with Crippen LogP contribution in [0.4, 0.5) is 0 Å². The van der Waals surface area contributed by atoms with Crippen LogP contribution in [0.5, 0.6) is 0 Å². The molecule has 0 saturated heterocycles. The maximum absolute atomic E-state index is 12.4. The summed E-state index contributed by atoms with van der Waals surface area (Å²) in [6.45, 7) is 4.85. The van der Waals surface area contributed by atoms with Crippen molar-refractivity contribution >= 4 is 11.9 Å². The van der Waals surface area contributed by atoms with Crippen molar-refractivity contribution in [2.75, 3.05) is 13.2 Å². The molecule has 0 aliphatic carbocycles. The second kappa shape index (κ2) is 50.7. The van der Waals surface area contributed by atoms with E-state index in [0.29, 0.717) is 19.4 Å². The van der Waals surface area contributed by atoms with Crippen molar-refractivity contribution in [1.29, 1.82) is 0 Å². The molecule has 3 N–H and O–H groups in total. The SMILES string of the molecule is CCCCCC/C=C\CCCCCCCC(=O)OCCCCCC/C=C\CCCCCCCCCC(=O)NC(CO)C(O)/C=C/CCCCCCCCCCCCCCCC.